The first-order chi connectivity index (χ1) is 6.93. The van der Waals surface area contributed by atoms with Gasteiger partial charge in [-0.15, -0.1) is 0 Å². The number of alkyl halides is 3. The molecule has 0 aliphatic rings. The number of hydrogen-bond acceptors (Lipinski definition) is 2. The van der Waals surface area contributed by atoms with Crippen molar-refractivity contribution in [2.45, 2.75) is 12.8 Å². The zero-order valence-electron chi connectivity index (χ0n) is 8.51. The van der Waals surface area contributed by atoms with Crippen molar-refractivity contribution < 1.29 is 17.9 Å². The van der Waals surface area contributed by atoms with Crippen molar-refractivity contribution in [2.75, 3.05) is 14.2 Å². The van der Waals surface area contributed by atoms with Crippen molar-refractivity contribution in [2.24, 2.45) is 0 Å². The SMILES string of the molecule is COc1ccc(CN(C)C(F)(F)F)cc1. The fraction of sp³-hybridized carbons (Fsp3) is 0.400. The summed E-state index contributed by atoms with van der Waals surface area (Å²) >= 11 is 0. The molecule has 0 bridgehead atoms. The highest BCUT2D eigenvalue weighted by Gasteiger charge is 2.33. The predicted molar refractivity (Wildman–Crippen MR) is 50.5 cm³/mol. The lowest BCUT2D eigenvalue weighted by Crippen LogP contribution is -2.33. The van der Waals surface area contributed by atoms with Crippen LogP contribution >= 0.6 is 0 Å². The first kappa shape index (κ1) is 11.8. The van der Waals surface area contributed by atoms with E-state index in [4.69, 9.17) is 4.74 Å². The minimum Gasteiger partial charge on any atom is -0.497 e. The Morgan fingerprint density at radius 1 is 1.20 bits per heavy atom. The van der Waals surface area contributed by atoms with Crippen LogP contribution in [-0.2, 0) is 6.54 Å². The Morgan fingerprint density at radius 2 is 1.73 bits per heavy atom. The van der Waals surface area contributed by atoms with Crippen LogP contribution in [0, 0.1) is 0 Å². The largest absolute Gasteiger partial charge is 0.497 e. The number of rotatable bonds is 3. The van der Waals surface area contributed by atoms with Crippen molar-refractivity contribution in [3.05, 3.63) is 29.8 Å². The zero-order chi connectivity index (χ0) is 11.5. The van der Waals surface area contributed by atoms with E-state index in [0.717, 1.165) is 7.05 Å². The Balaban J connectivity index is 2.65. The first-order valence-corrected chi connectivity index (χ1v) is 4.34. The number of benzene rings is 1. The monoisotopic (exact) mass is 219 g/mol. The van der Waals surface area contributed by atoms with Gasteiger partial charge >= 0.3 is 6.30 Å². The molecule has 0 fully saturated rings. The number of nitrogens with zero attached hydrogens (tertiary/aromatic N) is 1. The summed E-state index contributed by atoms with van der Waals surface area (Å²) in [5.41, 5.74) is 0.593. The van der Waals surface area contributed by atoms with Gasteiger partial charge in [0, 0.05) is 6.54 Å². The minimum atomic E-state index is -4.29. The van der Waals surface area contributed by atoms with E-state index in [1.807, 2.05) is 0 Å². The van der Waals surface area contributed by atoms with Crippen LogP contribution in [0.1, 0.15) is 5.56 Å². The van der Waals surface area contributed by atoms with Gasteiger partial charge < -0.3 is 4.74 Å². The number of ether oxygens (including phenoxy) is 1. The normalized spacial score (nSPS) is 11.9. The Bertz CT molecular complexity index is 307. The Hall–Kier alpha value is -1.23. The van der Waals surface area contributed by atoms with E-state index in [2.05, 4.69) is 0 Å². The molecule has 0 saturated heterocycles. The molecule has 1 aromatic rings. The smallest absolute Gasteiger partial charge is 0.459 e. The molecule has 0 aliphatic heterocycles. The molecule has 0 unspecified atom stereocenters. The summed E-state index contributed by atoms with van der Waals surface area (Å²) in [7, 11) is 2.53. The average Bonchev–Trinajstić information content (AvgIpc) is 2.17. The van der Waals surface area contributed by atoms with Crippen LogP contribution < -0.4 is 4.74 Å². The maximum atomic E-state index is 12.2. The predicted octanol–water partition coefficient (Wildman–Crippen LogP) is 2.65. The van der Waals surface area contributed by atoms with Gasteiger partial charge in [-0.2, -0.15) is 13.2 Å². The van der Waals surface area contributed by atoms with Crippen LogP contribution in [0.15, 0.2) is 24.3 Å². The number of methoxy groups -OCH3 is 1. The zero-order valence-corrected chi connectivity index (χ0v) is 8.51. The second-order valence-corrected chi connectivity index (χ2v) is 3.17. The first-order valence-electron chi connectivity index (χ1n) is 4.34. The van der Waals surface area contributed by atoms with E-state index < -0.39 is 6.30 Å². The van der Waals surface area contributed by atoms with Gasteiger partial charge in [0.05, 0.1) is 7.11 Å². The van der Waals surface area contributed by atoms with Gasteiger partial charge in [0.1, 0.15) is 5.75 Å². The molecule has 0 heterocycles. The van der Waals surface area contributed by atoms with Crippen LogP contribution in [0.4, 0.5) is 13.2 Å². The summed E-state index contributed by atoms with van der Waals surface area (Å²) < 4.78 is 41.5. The van der Waals surface area contributed by atoms with Crippen molar-refractivity contribution in [1.29, 1.82) is 0 Å². The van der Waals surface area contributed by atoms with Crippen molar-refractivity contribution in [3.8, 4) is 5.75 Å². The summed E-state index contributed by atoms with van der Waals surface area (Å²) in [4.78, 5) is 0.328. The molecule has 0 spiro atoms. The molecule has 0 aliphatic carbocycles. The van der Waals surface area contributed by atoms with Crippen LogP contribution in [-0.4, -0.2) is 25.4 Å². The Labute approximate surface area is 86.3 Å². The van der Waals surface area contributed by atoms with Crippen molar-refractivity contribution >= 4 is 0 Å². The quantitative estimate of drug-likeness (QED) is 0.724. The van der Waals surface area contributed by atoms with Gasteiger partial charge in [0.25, 0.3) is 0 Å². The molecule has 0 atom stereocenters. The Morgan fingerprint density at radius 3 is 2.13 bits per heavy atom. The molecule has 0 saturated carbocycles. The molecule has 1 aromatic carbocycles. The topological polar surface area (TPSA) is 12.5 Å². The number of hydrogen-bond donors (Lipinski definition) is 0. The Kier molecular flexibility index (Phi) is 3.57. The lowest BCUT2D eigenvalue weighted by Gasteiger charge is -2.19. The standard InChI is InChI=1S/C10H12F3NO/c1-14(10(11,12)13)7-8-3-5-9(15-2)6-4-8/h3-6H,7H2,1-2H3. The van der Waals surface area contributed by atoms with Gasteiger partial charge in [-0.25, -0.2) is 4.90 Å². The molecule has 1 rings (SSSR count). The maximum Gasteiger partial charge on any atom is 0.459 e. The molecule has 0 radical (unpaired) electrons. The minimum absolute atomic E-state index is 0.159. The summed E-state index contributed by atoms with van der Waals surface area (Å²) in [6.45, 7) is -0.159. The van der Waals surface area contributed by atoms with Gasteiger partial charge in [0.2, 0.25) is 0 Å². The van der Waals surface area contributed by atoms with Crippen LogP contribution in [0.25, 0.3) is 0 Å². The van der Waals surface area contributed by atoms with E-state index in [1.54, 1.807) is 24.3 Å². The molecular formula is C10H12F3NO. The third kappa shape index (κ3) is 3.43. The second-order valence-electron chi connectivity index (χ2n) is 3.17. The summed E-state index contributed by atoms with van der Waals surface area (Å²) in [6.07, 6.45) is -4.29. The third-order valence-electron chi connectivity index (χ3n) is 2.01. The fourth-order valence-electron chi connectivity index (χ4n) is 1.09. The third-order valence-corrected chi connectivity index (χ3v) is 2.01. The summed E-state index contributed by atoms with van der Waals surface area (Å²) in [5, 5.41) is 0. The highest BCUT2D eigenvalue weighted by atomic mass is 19.4. The van der Waals surface area contributed by atoms with E-state index in [-0.39, 0.29) is 6.54 Å². The molecule has 15 heavy (non-hydrogen) atoms. The average molecular weight is 219 g/mol. The fourth-order valence-corrected chi connectivity index (χ4v) is 1.09. The molecular weight excluding hydrogens is 207 g/mol. The number of halogens is 3. The van der Waals surface area contributed by atoms with Crippen LogP contribution in [0.3, 0.4) is 0 Å². The van der Waals surface area contributed by atoms with Crippen molar-refractivity contribution in [1.82, 2.24) is 4.90 Å². The summed E-state index contributed by atoms with van der Waals surface area (Å²) in [6, 6.07) is 6.50. The maximum absolute atomic E-state index is 12.2. The van der Waals surface area contributed by atoms with E-state index in [1.165, 1.54) is 7.11 Å². The van der Waals surface area contributed by atoms with E-state index in [9.17, 15) is 13.2 Å². The van der Waals surface area contributed by atoms with Gasteiger partial charge in [0.15, 0.2) is 0 Å². The highest BCUT2D eigenvalue weighted by Crippen LogP contribution is 2.22. The van der Waals surface area contributed by atoms with Crippen molar-refractivity contribution in [3.63, 3.8) is 0 Å². The highest BCUT2D eigenvalue weighted by molar-refractivity contribution is 5.27. The van der Waals surface area contributed by atoms with E-state index >= 15 is 0 Å². The molecule has 0 N–H and O–H groups in total. The molecule has 5 heteroatoms. The lowest BCUT2D eigenvalue weighted by atomic mass is 10.2. The van der Waals surface area contributed by atoms with E-state index in [0.29, 0.717) is 16.2 Å². The second kappa shape index (κ2) is 4.53. The molecule has 2 nitrogen and oxygen atoms in total. The van der Waals surface area contributed by atoms with Crippen LogP contribution in [0.2, 0.25) is 0 Å². The molecule has 84 valence electrons. The van der Waals surface area contributed by atoms with Crippen LogP contribution in [0.5, 0.6) is 5.75 Å². The molecule has 0 aromatic heterocycles. The van der Waals surface area contributed by atoms with Gasteiger partial charge in [-0.3, -0.25) is 0 Å². The van der Waals surface area contributed by atoms with Gasteiger partial charge in [-0.1, -0.05) is 12.1 Å². The lowest BCUT2D eigenvalue weighted by molar-refractivity contribution is -0.240. The molecule has 0 amide bonds. The summed E-state index contributed by atoms with van der Waals surface area (Å²) in [5.74, 6) is 0.633. The van der Waals surface area contributed by atoms with Gasteiger partial charge in [-0.05, 0) is 24.7 Å².